The second-order valence-electron chi connectivity index (χ2n) is 6.54. The zero-order valence-corrected chi connectivity index (χ0v) is 13.8. The Balaban J connectivity index is 1.80. The van der Waals surface area contributed by atoms with Crippen LogP contribution in [0.1, 0.15) is 54.9 Å². The maximum absolute atomic E-state index is 12.5. The molecule has 24 heavy (non-hydrogen) atoms. The molecule has 0 unspecified atom stereocenters. The summed E-state index contributed by atoms with van der Waals surface area (Å²) in [6.07, 6.45) is 3.72. The molecule has 0 bridgehead atoms. The average molecular weight is 330 g/mol. The Kier molecular flexibility index (Phi) is 4.30. The summed E-state index contributed by atoms with van der Waals surface area (Å²) in [5.41, 5.74) is 1.12. The highest BCUT2D eigenvalue weighted by Gasteiger charge is 2.42. The number of fused-ring (bicyclic) bond motifs is 1. The summed E-state index contributed by atoms with van der Waals surface area (Å²) in [5.74, 6) is -1.25. The van der Waals surface area contributed by atoms with E-state index in [1.54, 1.807) is 23.1 Å². The second-order valence-corrected chi connectivity index (χ2v) is 6.54. The molecular formula is C18H22N2O4. The Morgan fingerprint density at radius 3 is 2.58 bits per heavy atom. The van der Waals surface area contributed by atoms with E-state index in [-0.39, 0.29) is 11.8 Å². The van der Waals surface area contributed by atoms with Gasteiger partial charge in [0.15, 0.2) is 0 Å². The van der Waals surface area contributed by atoms with Gasteiger partial charge in [0, 0.05) is 24.2 Å². The average Bonchev–Trinajstić information content (AvgIpc) is 3.21. The summed E-state index contributed by atoms with van der Waals surface area (Å²) < 4.78 is 0. The van der Waals surface area contributed by atoms with Gasteiger partial charge in [-0.2, -0.15) is 0 Å². The minimum atomic E-state index is -1.14. The molecule has 2 aliphatic rings. The minimum absolute atomic E-state index is 0.0711. The van der Waals surface area contributed by atoms with Crippen LogP contribution in [-0.4, -0.2) is 35.0 Å². The number of nitrogens with zero attached hydrogens (tertiary/aromatic N) is 1. The van der Waals surface area contributed by atoms with Crippen LogP contribution in [0.5, 0.6) is 0 Å². The first-order valence-corrected chi connectivity index (χ1v) is 8.46. The molecular weight excluding hydrogens is 308 g/mol. The predicted molar refractivity (Wildman–Crippen MR) is 89.1 cm³/mol. The number of nitrogens with one attached hydrogen (secondary N) is 1. The first-order chi connectivity index (χ1) is 11.5. The molecule has 2 amide bonds. The molecule has 6 nitrogen and oxygen atoms in total. The zero-order valence-electron chi connectivity index (χ0n) is 13.8. The smallest absolute Gasteiger partial charge is 0.329 e. The molecule has 0 aromatic heterocycles. The van der Waals surface area contributed by atoms with Gasteiger partial charge in [0.25, 0.3) is 5.91 Å². The van der Waals surface area contributed by atoms with E-state index >= 15 is 0 Å². The van der Waals surface area contributed by atoms with E-state index < -0.39 is 11.5 Å². The van der Waals surface area contributed by atoms with Crippen molar-refractivity contribution in [3.8, 4) is 0 Å². The fraction of sp³-hybridized carbons (Fsp3) is 0.500. The third-order valence-corrected chi connectivity index (χ3v) is 5.06. The third kappa shape index (κ3) is 2.77. The fourth-order valence-corrected chi connectivity index (χ4v) is 3.65. The van der Waals surface area contributed by atoms with Gasteiger partial charge in [-0.3, -0.25) is 9.59 Å². The van der Waals surface area contributed by atoms with E-state index in [1.807, 2.05) is 6.92 Å². The van der Waals surface area contributed by atoms with E-state index in [2.05, 4.69) is 5.32 Å². The molecule has 1 aromatic carbocycles. The lowest BCUT2D eigenvalue weighted by atomic mass is 9.97. The van der Waals surface area contributed by atoms with E-state index in [9.17, 15) is 19.5 Å². The lowest BCUT2D eigenvalue weighted by Crippen LogP contribution is -2.52. The summed E-state index contributed by atoms with van der Waals surface area (Å²) in [5, 5.41) is 12.2. The normalized spacial score (nSPS) is 18.3. The molecule has 1 aromatic rings. The van der Waals surface area contributed by atoms with Crippen molar-refractivity contribution in [2.45, 2.75) is 51.0 Å². The predicted octanol–water partition coefficient (Wildman–Crippen LogP) is 2.11. The van der Waals surface area contributed by atoms with Crippen molar-refractivity contribution in [2.24, 2.45) is 0 Å². The monoisotopic (exact) mass is 330 g/mol. The van der Waals surface area contributed by atoms with Crippen LogP contribution in [-0.2, 0) is 16.0 Å². The van der Waals surface area contributed by atoms with Crippen molar-refractivity contribution in [1.29, 1.82) is 0 Å². The summed E-state index contributed by atoms with van der Waals surface area (Å²) >= 11 is 0. The molecule has 3 rings (SSSR count). The lowest BCUT2D eigenvalue weighted by Gasteiger charge is -2.25. The van der Waals surface area contributed by atoms with Crippen LogP contribution in [0, 0.1) is 0 Å². The number of carboxylic acids is 1. The number of hydrogen-bond acceptors (Lipinski definition) is 3. The molecule has 0 spiro atoms. The fourth-order valence-electron chi connectivity index (χ4n) is 3.65. The SMILES string of the molecule is CCC(=O)N1CCc2cc(C(=O)NC3(C(=O)O)CCCC3)ccc21. The standard InChI is InChI=1S/C18H22N2O4/c1-2-15(21)20-10-7-12-11-13(5-6-14(12)20)16(22)19-18(17(23)24)8-3-4-9-18/h5-6,11H,2-4,7-10H2,1H3,(H,19,22)(H,23,24). The van der Waals surface area contributed by atoms with E-state index in [4.69, 9.17) is 0 Å². The maximum atomic E-state index is 12.5. The number of anilines is 1. The van der Waals surface area contributed by atoms with E-state index in [0.717, 1.165) is 24.1 Å². The van der Waals surface area contributed by atoms with Crippen LogP contribution >= 0.6 is 0 Å². The summed E-state index contributed by atoms with van der Waals surface area (Å²) in [6.45, 7) is 2.46. The van der Waals surface area contributed by atoms with Crippen molar-refractivity contribution in [1.82, 2.24) is 5.32 Å². The van der Waals surface area contributed by atoms with Gasteiger partial charge in [-0.15, -0.1) is 0 Å². The van der Waals surface area contributed by atoms with Gasteiger partial charge in [-0.1, -0.05) is 19.8 Å². The van der Waals surface area contributed by atoms with E-state index in [0.29, 0.717) is 37.8 Å². The number of rotatable bonds is 4. The zero-order chi connectivity index (χ0) is 17.3. The molecule has 2 N–H and O–H groups in total. The maximum Gasteiger partial charge on any atom is 0.329 e. The Morgan fingerprint density at radius 2 is 1.96 bits per heavy atom. The van der Waals surface area contributed by atoms with Gasteiger partial charge in [-0.05, 0) is 43.0 Å². The molecule has 1 aliphatic heterocycles. The van der Waals surface area contributed by atoms with Crippen molar-refractivity contribution in [3.63, 3.8) is 0 Å². The van der Waals surface area contributed by atoms with Gasteiger partial charge < -0.3 is 15.3 Å². The first-order valence-electron chi connectivity index (χ1n) is 8.46. The molecule has 128 valence electrons. The number of hydrogen-bond donors (Lipinski definition) is 2. The Morgan fingerprint density at radius 1 is 1.25 bits per heavy atom. The van der Waals surface area contributed by atoms with Crippen LogP contribution in [0.3, 0.4) is 0 Å². The largest absolute Gasteiger partial charge is 0.480 e. The van der Waals surface area contributed by atoms with Gasteiger partial charge in [0.1, 0.15) is 5.54 Å². The van der Waals surface area contributed by atoms with Gasteiger partial charge >= 0.3 is 5.97 Å². The topological polar surface area (TPSA) is 86.7 Å². The Labute approximate surface area is 140 Å². The van der Waals surface area contributed by atoms with Crippen LogP contribution in [0.2, 0.25) is 0 Å². The highest BCUT2D eigenvalue weighted by atomic mass is 16.4. The van der Waals surface area contributed by atoms with Crippen LogP contribution in [0.25, 0.3) is 0 Å². The number of carbonyl (C=O) groups excluding carboxylic acids is 2. The summed E-state index contributed by atoms with van der Waals surface area (Å²) in [4.78, 5) is 37.8. The van der Waals surface area contributed by atoms with Gasteiger partial charge in [0.2, 0.25) is 5.91 Å². The molecule has 1 aliphatic carbocycles. The molecule has 0 saturated heterocycles. The van der Waals surface area contributed by atoms with Crippen LogP contribution in [0.4, 0.5) is 5.69 Å². The Bertz CT molecular complexity index is 692. The highest BCUT2D eigenvalue weighted by Crippen LogP contribution is 2.32. The molecule has 0 radical (unpaired) electrons. The number of amides is 2. The van der Waals surface area contributed by atoms with Crippen molar-refractivity contribution >= 4 is 23.5 Å². The molecule has 1 saturated carbocycles. The first kappa shape index (κ1) is 16.5. The second kappa shape index (κ2) is 6.26. The number of benzene rings is 1. The molecule has 6 heteroatoms. The van der Waals surface area contributed by atoms with Crippen LogP contribution < -0.4 is 10.2 Å². The van der Waals surface area contributed by atoms with Crippen LogP contribution in [0.15, 0.2) is 18.2 Å². The quantitative estimate of drug-likeness (QED) is 0.885. The number of aliphatic carboxylic acids is 1. The summed E-state index contributed by atoms with van der Waals surface area (Å²) in [7, 11) is 0. The lowest BCUT2D eigenvalue weighted by molar-refractivity contribution is -0.144. The van der Waals surface area contributed by atoms with E-state index in [1.165, 1.54) is 0 Å². The summed E-state index contributed by atoms with van der Waals surface area (Å²) in [6, 6.07) is 5.23. The molecule has 1 heterocycles. The Hall–Kier alpha value is -2.37. The number of carbonyl (C=O) groups is 3. The molecule has 1 fully saturated rings. The third-order valence-electron chi connectivity index (χ3n) is 5.06. The van der Waals surface area contributed by atoms with Gasteiger partial charge in [0.05, 0.1) is 0 Å². The number of carboxylic acid groups (broad SMARTS) is 1. The van der Waals surface area contributed by atoms with Crippen molar-refractivity contribution < 1.29 is 19.5 Å². The van der Waals surface area contributed by atoms with Gasteiger partial charge in [-0.25, -0.2) is 4.79 Å². The minimum Gasteiger partial charge on any atom is -0.480 e. The van der Waals surface area contributed by atoms with Crippen molar-refractivity contribution in [3.05, 3.63) is 29.3 Å². The molecule has 0 atom stereocenters. The highest BCUT2D eigenvalue weighted by molar-refractivity contribution is 6.00. The van der Waals surface area contributed by atoms with Crippen molar-refractivity contribution in [2.75, 3.05) is 11.4 Å².